The van der Waals surface area contributed by atoms with Crippen molar-refractivity contribution in [2.75, 3.05) is 0 Å². The van der Waals surface area contributed by atoms with E-state index in [1.54, 1.807) is 11.1 Å². The highest BCUT2D eigenvalue weighted by Gasteiger charge is 2.38. The molecule has 7 aliphatic carbocycles. The minimum absolute atomic E-state index is 0.271. The zero-order valence-corrected chi connectivity index (χ0v) is 40.3. The monoisotopic (exact) mass is 914 g/mol. The molecule has 0 aliphatic heterocycles. The molecule has 7 aliphatic rings. The van der Waals surface area contributed by atoms with E-state index >= 15 is 0 Å². The van der Waals surface area contributed by atoms with Gasteiger partial charge in [0.25, 0.3) is 0 Å². The predicted molar refractivity (Wildman–Crippen MR) is 297 cm³/mol. The number of allylic oxidation sites excluding steroid dienone is 23. The average molecular weight is 915 g/mol. The SMILES string of the molecule is C1=CCC(C2=CC(C3C=CC=CC3)CC(C3=C4CCC(c5ccc(-c6nc7c(n6-c6ccccc6)CCC=C7)cc5)=CC4=C(c4cc(-c5ccccc5)cc(-c5ccccc5)c4)C4=CC=CCC43)=C2)C=C1. The summed E-state index contributed by atoms with van der Waals surface area (Å²) in [5.74, 6) is 2.61. The van der Waals surface area contributed by atoms with Gasteiger partial charge in [-0.3, -0.25) is 4.57 Å². The molecule has 2 heteroatoms. The Hall–Kier alpha value is -7.81. The summed E-state index contributed by atoms with van der Waals surface area (Å²) in [5, 5.41) is 0. The van der Waals surface area contributed by atoms with E-state index in [1.165, 1.54) is 72.5 Å². The maximum Gasteiger partial charge on any atom is 0.145 e. The number of imidazole rings is 1. The van der Waals surface area contributed by atoms with Gasteiger partial charge in [-0.05, 0) is 178 Å². The van der Waals surface area contributed by atoms with E-state index in [0.29, 0.717) is 17.8 Å². The third-order valence-electron chi connectivity index (χ3n) is 16.0. The van der Waals surface area contributed by atoms with Crippen molar-refractivity contribution in [2.24, 2.45) is 23.7 Å². The van der Waals surface area contributed by atoms with Crippen molar-refractivity contribution < 1.29 is 0 Å². The number of rotatable bonds is 9. The summed E-state index contributed by atoms with van der Waals surface area (Å²) in [6, 6.07) is 49.4. The van der Waals surface area contributed by atoms with Crippen LogP contribution in [0.3, 0.4) is 0 Å². The number of nitrogens with zero attached hydrogens (tertiary/aromatic N) is 2. The Morgan fingerprint density at radius 2 is 1.21 bits per heavy atom. The smallest absolute Gasteiger partial charge is 0.145 e. The van der Waals surface area contributed by atoms with E-state index in [2.05, 4.69) is 235 Å². The lowest BCUT2D eigenvalue weighted by molar-refractivity contribution is 0.460. The van der Waals surface area contributed by atoms with Crippen LogP contribution in [0.5, 0.6) is 0 Å². The second kappa shape index (κ2) is 18.8. The molecule has 4 atom stereocenters. The topological polar surface area (TPSA) is 17.8 Å². The summed E-state index contributed by atoms with van der Waals surface area (Å²) in [7, 11) is 0. The molecule has 0 N–H and O–H groups in total. The molecule has 5 aromatic carbocycles. The molecule has 4 unspecified atom stereocenters. The second-order valence-corrected chi connectivity index (χ2v) is 20.2. The maximum absolute atomic E-state index is 5.27. The van der Waals surface area contributed by atoms with Gasteiger partial charge in [-0.15, -0.1) is 0 Å². The fourth-order valence-corrected chi connectivity index (χ4v) is 12.5. The molecule has 344 valence electrons. The highest BCUT2D eigenvalue weighted by Crippen LogP contribution is 2.55. The van der Waals surface area contributed by atoms with Gasteiger partial charge in [-0.2, -0.15) is 0 Å². The fraction of sp³-hybridized carbons (Fsp3) is 0.174. The van der Waals surface area contributed by atoms with Crippen LogP contribution in [-0.2, 0) is 6.42 Å². The van der Waals surface area contributed by atoms with Gasteiger partial charge in [0.15, 0.2) is 0 Å². The quantitative estimate of drug-likeness (QED) is 0.141. The molecule has 0 amide bonds. The van der Waals surface area contributed by atoms with Crippen LogP contribution in [0, 0.1) is 23.7 Å². The molecular weight excluding hydrogens is 857 g/mol. The number of hydrogen-bond donors (Lipinski definition) is 0. The normalized spacial score (nSPS) is 22.1. The summed E-state index contributed by atoms with van der Waals surface area (Å²) in [6.07, 6.45) is 46.4. The summed E-state index contributed by atoms with van der Waals surface area (Å²) in [5.41, 5.74) is 24.0. The van der Waals surface area contributed by atoms with Crippen molar-refractivity contribution in [1.82, 2.24) is 9.55 Å². The molecule has 1 heterocycles. The molecule has 2 nitrogen and oxygen atoms in total. The standard InChI is InChI=1S/C69H58N2/c1-6-20-47(21-7-1)54-40-55(48-22-8-2-9-23-48)43-58(42-54)67-61-30-16-17-31-62(61)68(59-44-56(49-24-10-3-11-25-49)41-57(45-59)50-26-12-4-13-27-50)64-46-53(38-39-63(64)67)51-34-36-52(37-35-51)69-70-65-32-18-19-33-66(65)71(69)60-28-14-5-15-29-60/h1-18,20,22,24-29,31-32,34-37,40-42,44-48,55,61H,19,21,23,30,33,38-39,43H2. The molecule has 6 aromatic rings. The van der Waals surface area contributed by atoms with Crippen molar-refractivity contribution in [2.45, 2.75) is 51.4 Å². The van der Waals surface area contributed by atoms with E-state index in [4.69, 9.17) is 4.98 Å². The highest BCUT2D eigenvalue weighted by atomic mass is 15.1. The Balaban J connectivity index is 0.999. The molecule has 71 heavy (non-hydrogen) atoms. The fourth-order valence-electron chi connectivity index (χ4n) is 12.5. The number of aromatic nitrogens is 2. The molecule has 0 radical (unpaired) electrons. The van der Waals surface area contributed by atoms with Gasteiger partial charge in [-0.25, -0.2) is 4.98 Å². The first-order valence-electron chi connectivity index (χ1n) is 26.1. The lowest BCUT2D eigenvalue weighted by Crippen LogP contribution is -2.25. The lowest BCUT2D eigenvalue weighted by atomic mass is 9.63. The summed E-state index contributed by atoms with van der Waals surface area (Å²) < 4.78 is 2.38. The zero-order valence-electron chi connectivity index (χ0n) is 40.3. The molecule has 0 saturated carbocycles. The van der Waals surface area contributed by atoms with Crippen LogP contribution in [0.1, 0.15) is 67.5 Å². The van der Waals surface area contributed by atoms with Gasteiger partial charge in [0.1, 0.15) is 5.82 Å². The van der Waals surface area contributed by atoms with E-state index in [1.807, 2.05) is 0 Å². The van der Waals surface area contributed by atoms with E-state index in [-0.39, 0.29) is 5.92 Å². The third-order valence-corrected chi connectivity index (χ3v) is 16.0. The molecular formula is C69H58N2. The van der Waals surface area contributed by atoms with Crippen molar-refractivity contribution in [1.29, 1.82) is 0 Å². The third kappa shape index (κ3) is 8.26. The van der Waals surface area contributed by atoms with E-state index in [0.717, 1.165) is 74.1 Å². The Labute approximate surface area is 419 Å². The van der Waals surface area contributed by atoms with Crippen molar-refractivity contribution in [3.8, 4) is 39.3 Å². The lowest BCUT2D eigenvalue weighted by Gasteiger charge is -2.40. The van der Waals surface area contributed by atoms with Gasteiger partial charge < -0.3 is 0 Å². The van der Waals surface area contributed by atoms with E-state index in [9.17, 15) is 0 Å². The Morgan fingerprint density at radius 1 is 0.521 bits per heavy atom. The van der Waals surface area contributed by atoms with Crippen molar-refractivity contribution in [3.05, 3.63) is 281 Å². The molecule has 0 saturated heterocycles. The molecule has 0 bridgehead atoms. The average Bonchev–Trinajstić information content (AvgIpc) is 3.85. The Bertz CT molecular complexity index is 3380. The first-order chi connectivity index (χ1) is 35.2. The maximum atomic E-state index is 5.27. The Morgan fingerprint density at radius 3 is 1.93 bits per heavy atom. The molecule has 0 fully saturated rings. The van der Waals surface area contributed by atoms with Crippen molar-refractivity contribution in [3.63, 3.8) is 0 Å². The van der Waals surface area contributed by atoms with Crippen LogP contribution in [0.4, 0.5) is 0 Å². The second-order valence-electron chi connectivity index (χ2n) is 20.2. The van der Waals surface area contributed by atoms with Gasteiger partial charge >= 0.3 is 0 Å². The molecule has 1 aromatic heterocycles. The largest absolute Gasteiger partial charge is 0.296 e. The van der Waals surface area contributed by atoms with Crippen LogP contribution in [0.2, 0.25) is 0 Å². The molecule has 0 spiro atoms. The summed E-state index contributed by atoms with van der Waals surface area (Å²) >= 11 is 0. The minimum Gasteiger partial charge on any atom is -0.296 e. The number of fused-ring (bicyclic) bond motifs is 3. The van der Waals surface area contributed by atoms with Crippen LogP contribution in [0.25, 0.3) is 56.6 Å². The van der Waals surface area contributed by atoms with E-state index < -0.39 is 0 Å². The summed E-state index contributed by atoms with van der Waals surface area (Å²) in [4.78, 5) is 5.27. The first-order valence-corrected chi connectivity index (χ1v) is 26.1. The van der Waals surface area contributed by atoms with Gasteiger partial charge in [-0.1, -0.05) is 194 Å². The zero-order chi connectivity index (χ0) is 47.1. The minimum atomic E-state index is 0.271. The van der Waals surface area contributed by atoms with Crippen LogP contribution < -0.4 is 0 Å². The van der Waals surface area contributed by atoms with Gasteiger partial charge in [0.05, 0.1) is 11.4 Å². The Kier molecular flexibility index (Phi) is 11.5. The highest BCUT2D eigenvalue weighted by molar-refractivity contribution is 5.96. The van der Waals surface area contributed by atoms with Gasteiger partial charge in [0.2, 0.25) is 0 Å². The van der Waals surface area contributed by atoms with Crippen LogP contribution >= 0.6 is 0 Å². The summed E-state index contributed by atoms with van der Waals surface area (Å²) in [6.45, 7) is 0. The van der Waals surface area contributed by atoms with Crippen molar-refractivity contribution >= 4 is 17.2 Å². The number of benzene rings is 5. The first kappa shape index (κ1) is 43.2. The van der Waals surface area contributed by atoms with Crippen LogP contribution in [-0.4, -0.2) is 9.55 Å². The number of para-hydroxylation sites is 1. The molecule has 13 rings (SSSR count). The van der Waals surface area contributed by atoms with Gasteiger partial charge in [0, 0.05) is 23.1 Å². The van der Waals surface area contributed by atoms with Crippen LogP contribution in [0.15, 0.2) is 258 Å². The predicted octanol–water partition coefficient (Wildman–Crippen LogP) is 17.4. The number of hydrogen-bond acceptors (Lipinski definition) is 1.